The molecule has 0 aromatic carbocycles. The minimum atomic E-state index is 0. The van der Waals surface area contributed by atoms with Gasteiger partial charge in [0.1, 0.15) is 0 Å². The molecule has 1 N–H and O–H groups in total. The van der Waals surface area contributed by atoms with Crippen LogP contribution in [-0.4, -0.2) is 31.1 Å². The van der Waals surface area contributed by atoms with Gasteiger partial charge in [0.25, 0.3) is 0 Å². The predicted octanol–water partition coefficient (Wildman–Crippen LogP) is 5.03. The van der Waals surface area contributed by atoms with E-state index >= 15 is 0 Å². The Hall–Kier alpha value is 0.900. The Bertz CT molecular complexity index is 415. The molecule has 2 rings (SSSR count). The second-order valence-corrected chi connectivity index (χ2v) is 7.99. The molecule has 0 saturated carbocycles. The molecule has 1 aliphatic heterocycles. The Morgan fingerprint density at radius 3 is 2.45 bits per heavy atom. The fourth-order valence-corrected chi connectivity index (χ4v) is 4.49. The Labute approximate surface area is 154 Å². The third kappa shape index (κ3) is 5.59. The Morgan fingerprint density at radius 1 is 1.40 bits per heavy atom. The molecule has 1 saturated heterocycles. The summed E-state index contributed by atoms with van der Waals surface area (Å²) in [5, 5.41) is 3.41. The van der Waals surface area contributed by atoms with Gasteiger partial charge in [0.05, 0.1) is 3.79 Å². The van der Waals surface area contributed by atoms with Crippen LogP contribution >= 0.6 is 68.0 Å². The van der Waals surface area contributed by atoms with Gasteiger partial charge in [-0.3, -0.25) is 4.90 Å². The van der Waals surface area contributed by atoms with Gasteiger partial charge in [-0.05, 0) is 51.3 Å². The number of thiophene rings is 1. The molecule has 7 heteroatoms. The third-order valence-electron chi connectivity index (χ3n) is 3.13. The van der Waals surface area contributed by atoms with E-state index in [1.165, 1.54) is 14.2 Å². The molecule has 1 aromatic heterocycles. The molecule has 2 heterocycles. The molecule has 2 nitrogen and oxygen atoms in total. The number of piperazine rings is 1. The van der Waals surface area contributed by atoms with Crippen LogP contribution < -0.4 is 5.32 Å². The molecule has 1 fully saturated rings. The van der Waals surface area contributed by atoms with Gasteiger partial charge >= 0.3 is 0 Å². The first-order chi connectivity index (χ1) is 8.58. The smallest absolute Gasteiger partial charge is 0.0843 e. The summed E-state index contributed by atoms with van der Waals surface area (Å²) < 4.78 is 2.34. The molecule has 1 aliphatic rings. The van der Waals surface area contributed by atoms with Crippen molar-refractivity contribution in [2.75, 3.05) is 26.2 Å². The molecule has 0 amide bonds. The lowest BCUT2D eigenvalue weighted by atomic mass is 10.0. The lowest BCUT2D eigenvalue weighted by molar-refractivity contribution is 0.175. The van der Waals surface area contributed by atoms with E-state index in [1.54, 1.807) is 0 Å². The van der Waals surface area contributed by atoms with Gasteiger partial charge in [-0.1, -0.05) is 5.57 Å². The lowest BCUT2D eigenvalue weighted by Crippen LogP contribution is -2.45. The van der Waals surface area contributed by atoms with Gasteiger partial charge in [-0.2, -0.15) is 0 Å². The number of hydrogen-bond acceptors (Lipinski definition) is 3. The first kappa shape index (κ1) is 20.9. The summed E-state index contributed by atoms with van der Waals surface area (Å²) in [7, 11) is 0. The van der Waals surface area contributed by atoms with Crippen LogP contribution in [0.25, 0.3) is 0 Å². The van der Waals surface area contributed by atoms with Gasteiger partial charge in [-0.25, -0.2) is 0 Å². The molecule has 0 unspecified atom stereocenters. The highest BCUT2D eigenvalue weighted by Gasteiger charge is 2.24. The van der Waals surface area contributed by atoms with E-state index in [-0.39, 0.29) is 24.8 Å². The standard InChI is InChI=1S/C13H18Br2N2S.2ClH/c1-9(2)7-11(17-5-3-16-4-6-17)12-8-10(14)13(15)18-12;;/h8,11,16H,1,3-7H2,2H3;2*1H/t11-;;/m0../s1. The summed E-state index contributed by atoms with van der Waals surface area (Å²) >= 11 is 9.00. The lowest BCUT2D eigenvalue weighted by Gasteiger charge is -2.34. The van der Waals surface area contributed by atoms with Crippen LogP contribution in [0.3, 0.4) is 0 Å². The van der Waals surface area contributed by atoms with Crippen molar-refractivity contribution in [3.05, 3.63) is 31.4 Å². The summed E-state index contributed by atoms with van der Waals surface area (Å²) in [4.78, 5) is 3.98. The quantitative estimate of drug-likeness (QED) is 0.626. The van der Waals surface area contributed by atoms with Crippen LogP contribution in [0, 0.1) is 0 Å². The van der Waals surface area contributed by atoms with Gasteiger partial charge in [0.2, 0.25) is 0 Å². The third-order valence-corrected chi connectivity index (χ3v) is 6.48. The van der Waals surface area contributed by atoms with Crippen LogP contribution in [0.4, 0.5) is 0 Å². The van der Waals surface area contributed by atoms with E-state index in [1.807, 2.05) is 11.3 Å². The fraction of sp³-hybridized carbons (Fsp3) is 0.538. The average molecular weight is 467 g/mol. The van der Waals surface area contributed by atoms with Crippen molar-refractivity contribution in [1.29, 1.82) is 0 Å². The number of rotatable bonds is 4. The average Bonchev–Trinajstić information content (AvgIpc) is 2.67. The Morgan fingerprint density at radius 2 is 2.00 bits per heavy atom. The first-order valence-electron chi connectivity index (χ1n) is 6.12. The Balaban J connectivity index is 0.00000180. The van der Waals surface area contributed by atoms with Crippen molar-refractivity contribution in [2.24, 2.45) is 0 Å². The molecule has 116 valence electrons. The summed E-state index contributed by atoms with van der Waals surface area (Å²) in [6.07, 6.45) is 1.04. The molecular formula is C13H20Br2Cl2N2S. The van der Waals surface area contributed by atoms with E-state index in [2.05, 4.69) is 61.6 Å². The van der Waals surface area contributed by atoms with E-state index in [9.17, 15) is 0 Å². The molecule has 0 bridgehead atoms. The number of halogens is 4. The first-order valence-corrected chi connectivity index (χ1v) is 8.52. The molecule has 0 spiro atoms. The molecular weight excluding hydrogens is 447 g/mol. The van der Waals surface area contributed by atoms with Crippen molar-refractivity contribution in [2.45, 2.75) is 19.4 Å². The van der Waals surface area contributed by atoms with Crippen LogP contribution in [0.2, 0.25) is 0 Å². The highest BCUT2D eigenvalue weighted by Crippen LogP contribution is 2.39. The highest BCUT2D eigenvalue weighted by molar-refractivity contribution is 9.13. The van der Waals surface area contributed by atoms with Crippen molar-refractivity contribution >= 4 is 68.0 Å². The monoisotopic (exact) mass is 464 g/mol. The highest BCUT2D eigenvalue weighted by atomic mass is 79.9. The summed E-state index contributed by atoms with van der Waals surface area (Å²) in [6, 6.07) is 2.71. The SMILES string of the molecule is C=C(C)C[C@@H](c1cc(Br)c(Br)s1)N1CCNCC1.Cl.Cl. The van der Waals surface area contributed by atoms with E-state index in [4.69, 9.17) is 0 Å². The van der Waals surface area contributed by atoms with E-state index < -0.39 is 0 Å². The Kier molecular flexibility index (Phi) is 10.3. The van der Waals surface area contributed by atoms with E-state index in [0.717, 1.165) is 37.1 Å². The van der Waals surface area contributed by atoms with Crippen molar-refractivity contribution < 1.29 is 0 Å². The normalized spacial score (nSPS) is 16.9. The number of hydrogen-bond donors (Lipinski definition) is 1. The molecule has 1 aromatic rings. The number of nitrogens with zero attached hydrogens (tertiary/aromatic N) is 1. The molecule has 0 aliphatic carbocycles. The minimum absolute atomic E-state index is 0. The predicted molar refractivity (Wildman–Crippen MR) is 101 cm³/mol. The van der Waals surface area contributed by atoms with Crippen molar-refractivity contribution in [3.63, 3.8) is 0 Å². The molecule has 20 heavy (non-hydrogen) atoms. The summed E-state index contributed by atoms with van der Waals surface area (Å²) in [6.45, 7) is 10.6. The topological polar surface area (TPSA) is 15.3 Å². The zero-order valence-corrected chi connectivity index (χ0v) is 16.9. The van der Waals surface area contributed by atoms with Gasteiger partial charge in [0.15, 0.2) is 0 Å². The summed E-state index contributed by atoms with van der Waals surface area (Å²) in [5.74, 6) is 0. The zero-order valence-electron chi connectivity index (χ0n) is 11.3. The van der Waals surface area contributed by atoms with E-state index in [0.29, 0.717) is 6.04 Å². The second kappa shape index (κ2) is 9.82. The maximum atomic E-state index is 4.08. The van der Waals surface area contributed by atoms with Gasteiger partial charge in [-0.15, -0.1) is 42.7 Å². The summed E-state index contributed by atoms with van der Waals surface area (Å²) in [5.41, 5.74) is 1.25. The van der Waals surface area contributed by atoms with Crippen LogP contribution in [0.15, 0.2) is 26.5 Å². The van der Waals surface area contributed by atoms with Gasteiger partial charge in [0, 0.05) is 41.6 Å². The minimum Gasteiger partial charge on any atom is -0.314 e. The van der Waals surface area contributed by atoms with Crippen LogP contribution in [0.1, 0.15) is 24.3 Å². The van der Waals surface area contributed by atoms with Crippen LogP contribution in [0.5, 0.6) is 0 Å². The van der Waals surface area contributed by atoms with Gasteiger partial charge < -0.3 is 5.32 Å². The van der Waals surface area contributed by atoms with Crippen molar-refractivity contribution in [1.82, 2.24) is 10.2 Å². The second-order valence-electron chi connectivity index (χ2n) is 4.73. The largest absolute Gasteiger partial charge is 0.314 e. The van der Waals surface area contributed by atoms with Crippen molar-refractivity contribution in [3.8, 4) is 0 Å². The zero-order chi connectivity index (χ0) is 13.1. The maximum absolute atomic E-state index is 4.08. The van der Waals surface area contributed by atoms with Crippen LogP contribution in [-0.2, 0) is 0 Å². The molecule has 0 radical (unpaired) electrons. The maximum Gasteiger partial charge on any atom is 0.0843 e. The fourth-order valence-electron chi connectivity index (χ4n) is 2.26. The molecule has 1 atom stereocenters. The number of nitrogens with one attached hydrogen (secondary N) is 1.